The SMILES string of the molecule is Cc1cc(CC(O)c2sc(C)nc2C)n(C)n1. The Morgan fingerprint density at radius 3 is 2.59 bits per heavy atom. The van der Waals surface area contributed by atoms with Gasteiger partial charge in [-0.1, -0.05) is 0 Å². The second kappa shape index (κ2) is 4.58. The maximum absolute atomic E-state index is 10.2. The second-order valence-electron chi connectivity index (χ2n) is 4.30. The molecule has 92 valence electrons. The molecule has 0 spiro atoms. The molecule has 0 amide bonds. The third-order valence-electron chi connectivity index (χ3n) is 2.74. The first kappa shape index (κ1) is 12.3. The van der Waals surface area contributed by atoms with Gasteiger partial charge in [0.05, 0.1) is 27.4 Å². The molecular formula is C12H17N3OS. The van der Waals surface area contributed by atoms with E-state index >= 15 is 0 Å². The van der Waals surface area contributed by atoms with Crippen molar-refractivity contribution in [2.24, 2.45) is 7.05 Å². The molecule has 0 fully saturated rings. The largest absolute Gasteiger partial charge is 0.387 e. The van der Waals surface area contributed by atoms with Gasteiger partial charge >= 0.3 is 0 Å². The van der Waals surface area contributed by atoms with Gasteiger partial charge in [-0.25, -0.2) is 4.98 Å². The lowest BCUT2D eigenvalue weighted by atomic mass is 10.1. The van der Waals surface area contributed by atoms with Gasteiger partial charge in [0.2, 0.25) is 0 Å². The van der Waals surface area contributed by atoms with Crippen LogP contribution in [0, 0.1) is 20.8 Å². The van der Waals surface area contributed by atoms with Crippen molar-refractivity contribution in [2.45, 2.75) is 33.3 Å². The quantitative estimate of drug-likeness (QED) is 0.908. The van der Waals surface area contributed by atoms with Crippen molar-refractivity contribution in [1.82, 2.24) is 14.8 Å². The third-order valence-corrected chi connectivity index (χ3v) is 3.92. The fourth-order valence-electron chi connectivity index (χ4n) is 2.00. The number of aliphatic hydroxyl groups excluding tert-OH is 1. The number of aromatic nitrogens is 3. The molecule has 0 saturated carbocycles. The number of rotatable bonds is 3. The van der Waals surface area contributed by atoms with Crippen molar-refractivity contribution in [3.05, 3.63) is 33.0 Å². The van der Waals surface area contributed by atoms with E-state index in [1.807, 2.05) is 38.6 Å². The molecule has 2 aromatic heterocycles. The topological polar surface area (TPSA) is 50.9 Å². The summed E-state index contributed by atoms with van der Waals surface area (Å²) >= 11 is 1.56. The van der Waals surface area contributed by atoms with Crippen LogP contribution in [-0.4, -0.2) is 19.9 Å². The first-order chi connectivity index (χ1) is 7.97. The Bertz CT molecular complexity index is 530. The minimum absolute atomic E-state index is 0.490. The maximum Gasteiger partial charge on any atom is 0.0955 e. The number of thiazole rings is 1. The predicted molar refractivity (Wildman–Crippen MR) is 68.2 cm³/mol. The summed E-state index contributed by atoms with van der Waals surface area (Å²) in [6.07, 6.45) is 0.0933. The smallest absolute Gasteiger partial charge is 0.0955 e. The van der Waals surface area contributed by atoms with Gasteiger partial charge < -0.3 is 5.11 Å². The summed E-state index contributed by atoms with van der Waals surface area (Å²) in [5.74, 6) is 0. The molecule has 0 radical (unpaired) electrons. The van der Waals surface area contributed by atoms with Gasteiger partial charge in [-0.15, -0.1) is 11.3 Å². The van der Waals surface area contributed by atoms with Crippen LogP contribution in [-0.2, 0) is 13.5 Å². The molecule has 0 aliphatic rings. The summed E-state index contributed by atoms with van der Waals surface area (Å²) in [6, 6.07) is 2.01. The Morgan fingerprint density at radius 1 is 1.41 bits per heavy atom. The molecule has 1 atom stereocenters. The highest BCUT2D eigenvalue weighted by atomic mass is 32.1. The van der Waals surface area contributed by atoms with Gasteiger partial charge in [0.1, 0.15) is 0 Å². The van der Waals surface area contributed by atoms with Gasteiger partial charge in [0.15, 0.2) is 0 Å². The molecule has 2 rings (SSSR count). The van der Waals surface area contributed by atoms with Crippen LogP contribution in [0.4, 0.5) is 0 Å². The Balaban J connectivity index is 2.19. The standard InChI is InChI=1S/C12H17N3OS/c1-7-5-10(15(4)14-7)6-11(16)12-8(2)13-9(3)17-12/h5,11,16H,6H2,1-4H3. The van der Waals surface area contributed by atoms with E-state index in [9.17, 15) is 5.11 Å². The zero-order valence-electron chi connectivity index (χ0n) is 10.6. The summed E-state index contributed by atoms with van der Waals surface area (Å²) in [5, 5.41) is 15.5. The summed E-state index contributed by atoms with van der Waals surface area (Å²) in [4.78, 5) is 5.30. The molecule has 0 bridgehead atoms. The third kappa shape index (κ3) is 2.56. The van der Waals surface area contributed by atoms with Gasteiger partial charge in [0.25, 0.3) is 0 Å². The molecule has 0 aliphatic carbocycles. The van der Waals surface area contributed by atoms with Crippen LogP contribution in [0.2, 0.25) is 0 Å². The van der Waals surface area contributed by atoms with E-state index in [2.05, 4.69) is 10.1 Å². The lowest BCUT2D eigenvalue weighted by Crippen LogP contribution is -2.06. The highest BCUT2D eigenvalue weighted by molar-refractivity contribution is 7.11. The fourth-order valence-corrected chi connectivity index (χ4v) is 2.92. The highest BCUT2D eigenvalue weighted by Gasteiger charge is 2.17. The van der Waals surface area contributed by atoms with Gasteiger partial charge in [-0.05, 0) is 26.8 Å². The number of aryl methyl sites for hydroxylation is 4. The highest BCUT2D eigenvalue weighted by Crippen LogP contribution is 2.27. The van der Waals surface area contributed by atoms with Crippen LogP contribution < -0.4 is 0 Å². The zero-order valence-corrected chi connectivity index (χ0v) is 11.4. The van der Waals surface area contributed by atoms with Gasteiger partial charge in [-0.2, -0.15) is 5.10 Å². The van der Waals surface area contributed by atoms with Gasteiger partial charge in [0, 0.05) is 19.2 Å². The zero-order chi connectivity index (χ0) is 12.6. The Kier molecular flexibility index (Phi) is 3.31. The van der Waals surface area contributed by atoms with Crippen molar-refractivity contribution >= 4 is 11.3 Å². The summed E-state index contributed by atoms with van der Waals surface area (Å²) in [7, 11) is 1.90. The van der Waals surface area contributed by atoms with Crippen molar-refractivity contribution in [3.63, 3.8) is 0 Å². The average molecular weight is 251 g/mol. The second-order valence-corrected chi connectivity index (χ2v) is 5.54. The van der Waals surface area contributed by atoms with Crippen LogP contribution in [0.1, 0.15) is 33.1 Å². The maximum atomic E-state index is 10.2. The first-order valence-electron chi connectivity index (χ1n) is 5.59. The number of hydrogen-bond acceptors (Lipinski definition) is 4. The van der Waals surface area contributed by atoms with E-state index in [4.69, 9.17) is 0 Å². The number of aliphatic hydroxyl groups is 1. The first-order valence-corrected chi connectivity index (χ1v) is 6.40. The van der Waals surface area contributed by atoms with Crippen LogP contribution >= 0.6 is 11.3 Å². The molecule has 4 nitrogen and oxygen atoms in total. The lowest BCUT2D eigenvalue weighted by Gasteiger charge is -2.09. The normalized spacial score (nSPS) is 13.0. The van der Waals surface area contributed by atoms with E-state index in [1.54, 1.807) is 11.3 Å². The van der Waals surface area contributed by atoms with Crippen molar-refractivity contribution in [3.8, 4) is 0 Å². The van der Waals surface area contributed by atoms with E-state index < -0.39 is 6.10 Å². The van der Waals surface area contributed by atoms with Crippen LogP contribution in [0.15, 0.2) is 6.07 Å². The van der Waals surface area contributed by atoms with E-state index in [1.165, 1.54) is 0 Å². The molecule has 5 heteroatoms. The van der Waals surface area contributed by atoms with E-state index in [0.29, 0.717) is 6.42 Å². The average Bonchev–Trinajstić information content (AvgIpc) is 2.70. The summed E-state index contributed by atoms with van der Waals surface area (Å²) < 4.78 is 1.82. The van der Waals surface area contributed by atoms with Crippen molar-refractivity contribution in [1.29, 1.82) is 0 Å². The molecule has 2 aromatic rings. The predicted octanol–water partition coefficient (Wildman–Crippen LogP) is 2.08. The Hall–Kier alpha value is -1.20. The molecule has 0 aliphatic heterocycles. The molecule has 0 saturated heterocycles. The molecule has 2 heterocycles. The molecule has 17 heavy (non-hydrogen) atoms. The Morgan fingerprint density at radius 2 is 2.12 bits per heavy atom. The number of nitrogens with zero attached hydrogens (tertiary/aromatic N) is 3. The summed E-state index contributed by atoms with van der Waals surface area (Å²) in [6.45, 7) is 5.86. The van der Waals surface area contributed by atoms with E-state index in [-0.39, 0.29) is 0 Å². The van der Waals surface area contributed by atoms with Crippen LogP contribution in [0.3, 0.4) is 0 Å². The lowest BCUT2D eigenvalue weighted by molar-refractivity contribution is 0.178. The number of hydrogen-bond donors (Lipinski definition) is 1. The minimum Gasteiger partial charge on any atom is -0.387 e. The molecule has 1 N–H and O–H groups in total. The molecular weight excluding hydrogens is 234 g/mol. The Labute approximate surface area is 105 Å². The van der Waals surface area contributed by atoms with Gasteiger partial charge in [-0.3, -0.25) is 4.68 Å². The molecule has 1 unspecified atom stereocenters. The van der Waals surface area contributed by atoms with Crippen molar-refractivity contribution < 1.29 is 5.11 Å². The molecule has 0 aromatic carbocycles. The van der Waals surface area contributed by atoms with Crippen LogP contribution in [0.25, 0.3) is 0 Å². The van der Waals surface area contributed by atoms with Crippen LogP contribution in [0.5, 0.6) is 0 Å². The minimum atomic E-state index is -0.490. The van der Waals surface area contributed by atoms with Crippen molar-refractivity contribution in [2.75, 3.05) is 0 Å². The summed E-state index contributed by atoms with van der Waals surface area (Å²) in [5.41, 5.74) is 2.95. The van der Waals surface area contributed by atoms with E-state index in [0.717, 1.165) is 27.0 Å². The monoisotopic (exact) mass is 251 g/mol. The fraction of sp³-hybridized carbons (Fsp3) is 0.500.